The van der Waals surface area contributed by atoms with Gasteiger partial charge in [0.15, 0.2) is 11.5 Å². The first-order valence-corrected chi connectivity index (χ1v) is 8.56. The van der Waals surface area contributed by atoms with Crippen LogP contribution in [-0.2, 0) is 16.1 Å². The number of ether oxygens (including phenoxy) is 3. The second kappa shape index (κ2) is 10.1. The normalized spacial score (nSPS) is 10.5. The van der Waals surface area contributed by atoms with E-state index in [1.807, 2.05) is 0 Å². The molecule has 6 nitrogen and oxygen atoms in total. The summed E-state index contributed by atoms with van der Waals surface area (Å²) in [6.45, 7) is -3.51. The molecule has 0 spiro atoms. The molecule has 150 valence electrons. The molecule has 0 fully saturated rings. The van der Waals surface area contributed by atoms with Crippen molar-refractivity contribution < 1.29 is 32.6 Å². The van der Waals surface area contributed by atoms with Gasteiger partial charge >= 0.3 is 12.6 Å². The molecule has 0 bridgehead atoms. The lowest BCUT2D eigenvalue weighted by Gasteiger charge is -2.12. The second-order valence-electron chi connectivity index (χ2n) is 5.34. The van der Waals surface area contributed by atoms with Crippen molar-refractivity contribution in [2.45, 2.75) is 13.2 Å². The van der Waals surface area contributed by atoms with Gasteiger partial charge in [-0.15, -0.1) is 0 Å². The van der Waals surface area contributed by atoms with Gasteiger partial charge in [0.25, 0.3) is 5.91 Å². The monoisotopic (exact) mass is 433 g/mol. The van der Waals surface area contributed by atoms with Gasteiger partial charge in [-0.05, 0) is 35.9 Å². The number of amides is 1. The van der Waals surface area contributed by atoms with E-state index in [2.05, 4.69) is 10.1 Å². The smallest absolute Gasteiger partial charge is 0.387 e. The van der Waals surface area contributed by atoms with Crippen molar-refractivity contribution in [1.29, 1.82) is 0 Å². The van der Waals surface area contributed by atoms with Gasteiger partial charge < -0.3 is 19.5 Å². The Morgan fingerprint density at radius 2 is 1.82 bits per heavy atom. The Bertz CT molecular complexity index is 864. The lowest BCUT2D eigenvalue weighted by Crippen LogP contribution is -2.30. The van der Waals surface area contributed by atoms with E-state index in [0.29, 0.717) is 10.6 Å². The first kappa shape index (κ1) is 21.7. The first-order valence-electron chi connectivity index (χ1n) is 7.80. The Morgan fingerprint density at radius 3 is 2.46 bits per heavy atom. The maximum Gasteiger partial charge on any atom is 0.387 e. The molecule has 0 heterocycles. The van der Waals surface area contributed by atoms with E-state index in [0.717, 1.165) is 0 Å². The number of halogens is 4. The quantitative estimate of drug-likeness (QED) is 0.634. The predicted octanol–water partition coefficient (Wildman–Crippen LogP) is 4.08. The Hall–Kier alpha value is -2.58. The molecule has 1 N–H and O–H groups in total. The van der Waals surface area contributed by atoms with Gasteiger partial charge in [0.05, 0.1) is 17.2 Å². The van der Waals surface area contributed by atoms with Crippen LogP contribution in [-0.4, -0.2) is 32.1 Å². The van der Waals surface area contributed by atoms with Gasteiger partial charge in [-0.1, -0.05) is 29.3 Å². The summed E-state index contributed by atoms with van der Waals surface area (Å²) < 4.78 is 38.9. The number of carbonyl (C=O) groups excluding carboxylic acids is 2. The second-order valence-corrected chi connectivity index (χ2v) is 6.15. The van der Waals surface area contributed by atoms with E-state index in [1.165, 1.54) is 43.5 Å². The highest BCUT2D eigenvalue weighted by Crippen LogP contribution is 2.29. The summed E-state index contributed by atoms with van der Waals surface area (Å²) in [5.74, 6) is -1.28. The fourth-order valence-corrected chi connectivity index (χ4v) is 2.40. The van der Waals surface area contributed by atoms with Crippen LogP contribution in [0.3, 0.4) is 0 Å². The summed E-state index contributed by atoms with van der Waals surface area (Å²) in [4.78, 5) is 23.8. The summed E-state index contributed by atoms with van der Waals surface area (Å²) in [5.41, 5.74) is 0.726. The molecule has 2 aromatic rings. The number of carbonyl (C=O) groups is 2. The zero-order chi connectivity index (χ0) is 20.7. The molecule has 2 aromatic carbocycles. The third kappa shape index (κ3) is 6.24. The molecule has 0 saturated heterocycles. The van der Waals surface area contributed by atoms with E-state index in [9.17, 15) is 18.4 Å². The molecule has 0 aliphatic carbocycles. The van der Waals surface area contributed by atoms with Crippen molar-refractivity contribution in [2.75, 3.05) is 13.7 Å². The Balaban J connectivity index is 1.86. The van der Waals surface area contributed by atoms with Crippen molar-refractivity contribution in [1.82, 2.24) is 5.32 Å². The van der Waals surface area contributed by atoms with Gasteiger partial charge in [-0.3, -0.25) is 9.59 Å². The van der Waals surface area contributed by atoms with Crippen LogP contribution in [0.5, 0.6) is 11.5 Å². The lowest BCUT2D eigenvalue weighted by atomic mass is 10.2. The molecule has 28 heavy (non-hydrogen) atoms. The maximum atomic E-state index is 12.3. The molecular formula is C18H15Cl2F2NO5. The van der Waals surface area contributed by atoms with Gasteiger partial charge in [-0.25, -0.2) is 0 Å². The van der Waals surface area contributed by atoms with E-state index >= 15 is 0 Å². The number of hydrogen-bond donors (Lipinski definition) is 1. The average molecular weight is 434 g/mol. The molecule has 0 atom stereocenters. The third-order valence-electron chi connectivity index (χ3n) is 3.42. The van der Waals surface area contributed by atoms with Crippen LogP contribution in [0, 0.1) is 0 Å². The summed E-state index contributed by atoms with van der Waals surface area (Å²) >= 11 is 11.6. The SMILES string of the molecule is COc1cc(COC(=O)CNC(=O)c2ccc(Cl)c(Cl)c2)ccc1OC(F)F. The zero-order valence-electron chi connectivity index (χ0n) is 14.5. The third-order valence-corrected chi connectivity index (χ3v) is 4.16. The number of methoxy groups -OCH3 is 1. The number of esters is 1. The van der Waals surface area contributed by atoms with Gasteiger partial charge in [0, 0.05) is 5.56 Å². The fourth-order valence-electron chi connectivity index (χ4n) is 2.10. The molecular weight excluding hydrogens is 419 g/mol. The highest BCUT2D eigenvalue weighted by atomic mass is 35.5. The average Bonchev–Trinajstić information content (AvgIpc) is 2.66. The van der Waals surface area contributed by atoms with E-state index in [4.69, 9.17) is 32.7 Å². The molecule has 0 radical (unpaired) electrons. The highest BCUT2D eigenvalue weighted by molar-refractivity contribution is 6.42. The van der Waals surface area contributed by atoms with Crippen molar-refractivity contribution >= 4 is 35.1 Å². The minimum atomic E-state index is -2.99. The topological polar surface area (TPSA) is 73.9 Å². The minimum Gasteiger partial charge on any atom is -0.493 e. The maximum absolute atomic E-state index is 12.3. The van der Waals surface area contributed by atoms with Crippen LogP contribution in [0.2, 0.25) is 10.0 Å². The summed E-state index contributed by atoms with van der Waals surface area (Å²) in [6.07, 6.45) is 0. The van der Waals surface area contributed by atoms with Gasteiger partial charge in [0.1, 0.15) is 13.2 Å². The molecule has 10 heteroatoms. The standard InChI is InChI=1S/C18H15Cl2F2NO5/c1-26-15-6-10(2-5-14(15)28-18(21)22)9-27-16(24)8-23-17(25)11-3-4-12(19)13(20)7-11/h2-7,18H,8-9H2,1H3,(H,23,25). The van der Waals surface area contributed by atoms with Crippen LogP contribution in [0.25, 0.3) is 0 Å². The van der Waals surface area contributed by atoms with Crippen LogP contribution < -0.4 is 14.8 Å². The van der Waals surface area contributed by atoms with Crippen LogP contribution in [0.15, 0.2) is 36.4 Å². The Labute approximate surface area is 169 Å². The van der Waals surface area contributed by atoms with E-state index in [-0.39, 0.29) is 35.2 Å². The van der Waals surface area contributed by atoms with Crippen molar-refractivity contribution in [3.63, 3.8) is 0 Å². The van der Waals surface area contributed by atoms with Gasteiger partial charge in [-0.2, -0.15) is 8.78 Å². The number of alkyl halides is 2. The largest absolute Gasteiger partial charge is 0.493 e. The lowest BCUT2D eigenvalue weighted by molar-refractivity contribution is -0.143. The highest BCUT2D eigenvalue weighted by Gasteiger charge is 2.13. The molecule has 1 amide bonds. The molecule has 0 unspecified atom stereocenters. The number of rotatable bonds is 8. The molecule has 0 aliphatic heterocycles. The molecule has 0 aliphatic rings. The molecule has 0 saturated carbocycles. The summed E-state index contributed by atoms with van der Waals surface area (Å²) in [5, 5.41) is 2.91. The molecule has 2 rings (SSSR count). The van der Waals surface area contributed by atoms with E-state index < -0.39 is 18.5 Å². The Kier molecular flexibility index (Phi) is 7.83. The van der Waals surface area contributed by atoms with E-state index in [1.54, 1.807) is 0 Å². The fraction of sp³-hybridized carbons (Fsp3) is 0.222. The minimum absolute atomic E-state index is 0.0711. The number of hydrogen-bond acceptors (Lipinski definition) is 5. The van der Waals surface area contributed by atoms with Crippen molar-refractivity contribution in [2.24, 2.45) is 0 Å². The van der Waals surface area contributed by atoms with Crippen molar-refractivity contribution in [3.05, 3.63) is 57.6 Å². The van der Waals surface area contributed by atoms with Crippen molar-refractivity contribution in [3.8, 4) is 11.5 Å². The summed E-state index contributed by atoms with van der Waals surface area (Å²) in [6, 6.07) is 8.43. The van der Waals surface area contributed by atoms with Crippen LogP contribution >= 0.6 is 23.2 Å². The predicted molar refractivity (Wildman–Crippen MR) is 98.2 cm³/mol. The Morgan fingerprint density at radius 1 is 1.07 bits per heavy atom. The first-order chi connectivity index (χ1) is 13.3. The van der Waals surface area contributed by atoms with Crippen LogP contribution in [0.4, 0.5) is 8.78 Å². The summed E-state index contributed by atoms with van der Waals surface area (Å²) in [7, 11) is 1.29. The number of benzene rings is 2. The van der Waals surface area contributed by atoms with Gasteiger partial charge in [0.2, 0.25) is 0 Å². The molecule has 0 aromatic heterocycles. The zero-order valence-corrected chi connectivity index (χ0v) is 16.0. The number of nitrogens with one attached hydrogen (secondary N) is 1. The van der Waals surface area contributed by atoms with Crippen LogP contribution in [0.1, 0.15) is 15.9 Å².